The van der Waals surface area contributed by atoms with Gasteiger partial charge in [0.25, 0.3) is 5.69 Å². The Morgan fingerprint density at radius 3 is 3.00 bits per heavy atom. The summed E-state index contributed by atoms with van der Waals surface area (Å²) in [4.78, 5) is 22.3. The van der Waals surface area contributed by atoms with Gasteiger partial charge in [-0.1, -0.05) is 18.6 Å². The van der Waals surface area contributed by atoms with E-state index in [-0.39, 0.29) is 17.6 Å². The molecule has 6 nitrogen and oxygen atoms in total. The average Bonchev–Trinajstić information content (AvgIpc) is 2.74. The van der Waals surface area contributed by atoms with Crippen LogP contribution in [0, 0.1) is 10.1 Å². The van der Waals surface area contributed by atoms with E-state index in [0.717, 1.165) is 32.4 Å². The molecule has 0 radical (unpaired) electrons. The zero-order valence-corrected chi connectivity index (χ0v) is 11.7. The average molecular weight is 289 g/mol. The number of amides is 1. The fraction of sp³-hybridized carbons (Fsp3) is 0.400. The first kappa shape index (κ1) is 15.2. The highest BCUT2D eigenvalue weighted by Crippen LogP contribution is 2.18. The molecule has 0 spiro atoms. The van der Waals surface area contributed by atoms with Crippen LogP contribution in [0.1, 0.15) is 24.8 Å². The zero-order chi connectivity index (χ0) is 15.1. The summed E-state index contributed by atoms with van der Waals surface area (Å²) in [6, 6.07) is 6.48. The van der Waals surface area contributed by atoms with Crippen LogP contribution in [0.3, 0.4) is 0 Å². The van der Waals surface area contributed by atoms with Gasteiger partial charge in [0, 0.05) is 24.7 Å². The zero-order valence-electron chi connectivity index (χ0n) is 11.7. The minimum atomic E-state index is -0.452. The molecule has 21 heavy (non-hydrogen) atoms. The summed E-state index contributed by atoms with van der Waals surface area (Å²) in [6.07, 6.45) is 6.01. The number of nitrogens with one attached hydrogen (secondary N) is 2. The quantitative estimate of drug-likeness (QED) is 0.503. The standard InChI is InChI=1S/C15H19N3O3/c19-15(17-13-6-3-4-10-16-11-13)9-8-12-5-1-2-7-14(12)18(20)21/h1-2,5,7-9,13,16H,3-4,6,10-11H2,(H,17,19). The van der Waals surface area contributed by atoms with Gasteiger partial charge < -0.3 is 10.6 Å². The highest BCUT2D eigenvalue weighted by Gasteiger charge is 2.13. The van der Waals surface area contributed by atoms with Gasteiger partial charge in [0.1, 0.15) is 0 Å². The number of carbonyl (C=O) groups excluding carboxylic acids is 1. The number of nitrogens with zero attached hydrogens (tertiary/aromatic N) is 1. The lowest BCUT2D eigenvalue weighted by Gasteiger charge is -2.14. The summed E-state index contributed by atoms with van der Waals surface area (Å²) >= 11 is 0. The number of carbonyl (C=O) groups is 1. The number of para-hydroxylation sites is 1. The van der Waals surface area contributed by atoms with Crippen molar-refractivity contribution >= 4 is 17.7 Å². The third-order valence-corrected chi connectivity index (χ3v) is 3.44. The van der Waals surface area contributed by atoms with Gasteiger partial charge in [-0.3, -0.25) is 14.9 Å². The van der Waals surface area contributed by atoms with Crippen LogP contribution >= 0.6 is 0 Å². The molecular formula is C15H19N3O3. The molecule has 1 heterocycles. The molecule has 0 aliphatic carbocycles. The molecule has 1 amide bonds. The number of hydrogen-bond donors (Lipinski definition) is 2. The lowest BCUT2D eigenvalue weighted by Crippen LogP contribution is -2.40. The van der Waals surface area contributed by atoms with E-state index in [1.54, 1.807) is 18.2 Å². The second kappa shape index (κ2) is 7.54. The monoisotopic (exact) mass is 289 g/mol. The molecule has 6 heteroatoms. The largest absolute Gasteiger partial charge is 0.349 e. The van der Waals surface area contributed by atoms with Gasteiger partial charge in [-0.2, -0.15) is 0 Å². The van der Waals surface area contributed by atoms with E-state index >= 15 is 0 Å². The second-order valence-electron chi connectivity index (χ2n) is 5.05. The first-order valence-corrected chi connectivity index (χ1v) is 7.09. The molecule has 1 fully saturated rings. The Bertz CT molecular complexity index is 535. The molecule has 1 saturated heterocycles. The third-order valence-electron chi connectivity index (χ3n) is 3.44. The van der Waals surface area contributed by atoms with Crippen molar-refractivity contribution in [1.29, 1.82) is 0 Å². The molecular weight excluding hydrogens is 270 g/mol. The fourth-order valence-electron chi connectivity index (χ4n) is 2.35. The van der Waals surface area contributed by atoms with Crippen molar-refractivity contribution in [2.45, 2.75) is 25.3 Å². The highest BCUT2D eigenvalue weighted by molar-refractivity contribution is 5.92. The summed E-state index contributed by atoms with van der Waals surface area (Å²) in [5.74, 6) is -0.221. The van der Waals surface area contributed by atoms with Gasteiger partial charge in [-0.15, -0.1) is 0 Å². The van der Waals surface area contributed by atoms with Crippen LogP contribution < -0.4 is 10.6 Å². The van der Waals surface area contributed by atoms with Crippen molar-refractivity contribution in [3.63, 3.8) is 0 Å². The van der Waals surface area contributed by atoms with E-state index in [2.05, 4.69) is 10.6 Å². The maximum Gasteiger partial charge on any atom is 0.276 e. The molecule has 0 bridgehead atoms. The Morgan fingerprint density at radius 2 is 2.19 bits per heavy atom. The summed E-state index contributed by atoms with van der Waals surface area (Å²) in [5.41, 5.74) is 0.425. The van der Waals surface area contributed by atoms with Crippen LogP contribution in [0.5, 0.6) is 0 Å². The van der Waals surface area contributed by atoms with Gasteiger partial charge in [-0.05, 0) is 31.5 Å². The fourth-order valence-corrected chi connectivity index (χ4v) is 2.35. The van der Waals surface area contributed by atoms with Crippen molar-refractivity contribution in [2.75, 3.05) is 13.1 Å². The minimum Gasteiger partial charge on any atom is -0.349 e. The molecule has 1 aromatic rings. The SMILES string of the molecule is O=C(C=Cc1ccccc1[N+](=O)[O-])NC1CCCCNC1. The lowest BCUT2D eigenvalue weighted by atomic mass is 10.1. The molecule has 2 N–H and O–H groups in total. The molecule has 0 saturated carbocycles. The molecule has 2 rings (SSSR count). The smallest absolute Gasteiger partial charge is 0.276 e. The second-order valence-corrected chi connectivity index (χ2v) is 5.05. The van der Waals surface area contributed by atoms with Crippen molar-refractivity contribution in [1.82, 2.24) is 10.6 Å². The number of hydrogen-bond acceptors (Lipinski definition) is 4. The Labute approximate surface area is 123 Å². The number of rotatable bonds is 4. The highest BCUT2D eigenvalue weighted by atomic mass is 16.6. The summed E-state index contributed by atoms with van der Waals surface area (Å²) < 4.78 is 0. The van der Waals surface area contributed by atoms with E-state index in [1.165, 1.54) is 18.2 Å². The van der Waals surface area contributed by atoms with Crippen LogP contribution in [-0.4, -0.2) is 30.0 Å². The molecule has 0 aromatic heterocycles. The number of benzene rings is 1. The molecule has 1 unspecified atom stereocenters. The predicted molar refractivity (Wildman–Crippen MR) is 80.8 cm³/mol. The lowest BCUT2D eigenvalue weighted by molar-refractivity contribution is -0.385. The van der Waals surface area contributed by atoms with Crippen LogP contribution in [0.15, 0.2) is 30.3 Å². The van der Waals surface area contributed by atoms with Crippen LogP contribution in [0.25, 0.3) is 6.08 Å². The van der Waals surface area contributed by atoms with E-state index in [4.69, 9.17) is 0 Å². The van der Waals surface area contributed by atoms with Crippen LogP contribution in [0.4, 0.5) is 5.69 Å². The van der Waals surface area contributed by atoms with E-state index in [9.17, 15) is 14.9 Å². The van der Waals surface area contributed by atoms with Crippen LogP contribution in [-0.2, 0) is 4.79 Å². The van der Waals surface area contributed by atoms with Gasteiger partial charge in [0.15, 0.2) is 0 Å². The molecule has 1 aromatic carbocycles. The molecule has 1 aliphatic heterocycles. The Kier molecular flexibility index (Phi) is 5.45. The van der Waals surface area contributed by atoms with Crippen molar-refractivity contribution in [2.24, 2.45) is 0 Å². The maximum atomic E-state index is 11.9. The Balaban J connectivity index is 1.97. The summed E-state index contributed by atoms with van der Waals surface area (Å²) in [6.45, 7) is 1.75. The Morgan fingerprint density at radius 1 is 1.38 bits per heavy atom. The van der Waals surface area contributed by atoms with Gasteiger partial charge in [-0.25, -0.2) is 0 Å². The molecule has 112 valence electrons. The van der Waals surface area contributed by atoms with Gasteiger partial charge in [0.2, 0.25) is 5.91 Å². The van der Waals surface area contributed by atoms with Crippen molar-refractivity contribution in [3.05, 3.63) is 46.0 Å². The van der Waals surface area contributed by atoms with E-state index in [1.807, 2.05) is 0 Å². The van der Waals surface area contributed by atoms with E-state index < -0.39 is 4.92 Å². The summed E-state index contributed by atoms with van der Waals surface area (Å²) in [5, 5.41) is 17.1. The van der Waals surface area contributed by atoms with Crippen molar-refractivity contribution in [3.8, 4) is 0 Å². The topological polar surface area (TPSA) is 84.3 Å². The molecule has 1 atom stereocenters. The predicted octanol–water partition coefficient (Wildman–Crippen LogP) is 1.87. The van der Waals surface area contributed by atoms with Gasteiger partial charge in [0.05, 0.1) is 10.5 Å². The third kappa shape index (κ3) is 4.68. The number of nitro benzene ring substituents is 1. The van der Waals surface area contributed by atoms with E-state index in [0.29, 0.717) is 5.56 Å². The first-order chi connectivity index (χ1) is 10.2. The maximum absolute atomic E-state index is 11.9. The van der Waals surface area contributed by atoms with Crippen LogP contribution in [0.2, 0.25) is 0 Å². The minimum absolute atomic E-state index is 0.00215. The summed E-state index contributed by atoms with van der Waals surface area (Å²) in [7, 11) is 0. The Hall–Kier alpha value is -2.21. The first-order valence-electron chi connectivity index (χ1n) is 7.09. The molecule has 1 aliphatic rings. The van der Waals surface area contributed by atoms with Crippen molar-refractivity contribution < 1.29 is 9.72 Å². The normalized spacial score (nSPS) is 19.1. The van der Waals surface area contributed by atoms with Gasteiger partial charge >= 0.3 is 0 Å². The number of nitro groups is 1.